The first-order valence-corrected chi connectivity index (χ1v) is 9.76. The molecule has 1 aromatic carbocycles. The quantitative estimate of drug-likeness (QED) is 0.267. The predicted octanol–water partition coefficient (Wildman–Crippen LogP) is 3.64. The van der Waals surface area contributed by atoms with Gasteiger partial charge in [-0.1, -0.05) is 30.4 Å². The van der Waals surface area contributed by atoms with Crippen LogP contribution in [0.5, 0.6) is 11.5 Å². The van der Waals surface area contributed by atoms with E-state index in [1.54, 1.807) is 37.3 Å². The molecule has 2 rings (SSSR count). The molecule has 0 aromatic heterocycles. The van der Waals surface area contributed by atoms with Crippen molar-refractivity contribution >= 4 is 46.3 Å². The predicted molar refractivity (Wildman–Crippen MR) is 110 cm³/mol. The van der Waals surface area contributed by atoms with E-state index in [4.69, 9.17) is 21.7 Å². The Morgan fingerprint density at radius 1 is 1.19 bits per heavy atom. The number of ether oxygens (including phenoxy) is 3. The molecule has 0 saturated carbocycles. The molecule has 1 fully saturated rings. The average Bonchev–Trinajstić information content (AvgIpc) is 2.94. The van der Waals surface area contributed by atoms with E-state index in [9.17, 15) is 9.59 Å². The van der Waals surface area contributed by atoms with Crippen molar-refractivity contribution in [2.24, 2.45) is 0 Å². The summed E-state index contributed by atoms with van der Waals surface area (Å²) in [6, 6.07) is 5.42. The standard InChI is InChI=1S/C19H23NO5S2/c1-23-14-8-9-15(24-2)13(11-14)12-16-18(22)20(19(26)27-16)10-6-4-5-7-17(21)25-3/h8-9,11-12H,4-7,10H2,1-3H3/b16-12-. The summed E-state index contributed by atoms with van der Waals surface area (Å²) in [5.41, 5.74) is 0.760. The molecule has 1 aliphatic rings. The van der Waals surface area contributed by atoms with Gasteiger partial charge in [0.05, 0.1) is 26.2 Å². The molecule has 8 heteroatoms. The number of hydrogen-bond donors (Lipinski definition) is 0. The Kier molecular flexibility index (Phi) is 8.12. The minimum absolute atomic E-state index is 0.108. The van der Waals surface area contributed by atoms with Gasteiger partial charge in [0.1, 0.15) is 15.8 Å². The van der Waals surface area contributed by atoms with Crippen LogP contribution < -0.4 is 9.47 Å². The highest BCUT2D eigenvalue weighted by molar-refractivity contribution is 8.26. The van der Waals surface area contributed by atoms with Crippen molar-refractivity contribution in [2.75, 3.05) is 27.9 Å². The van der Waals surface area contributed by atoms with E-state index in [2.05, 4.69) is 4.74 Å². The molecule has 1 heterocycles. The van der Waals surface area contributed by atoms with Crippen LogP contribution >= 0.6 is 24.0 Å². The first kappa shape index (κ1) is 21.2. The van der Waals surface area contributed by atoms with Gasteiger partial charge in [0.25, 0.3) is 5.91 Å². The molecule has 1 amide bonds. The summed E-state index contributed by atoms with van der Waals surface area (Å²) in [7, 11) is 4.55. The van der Waals surface area contributed by atoms with Gasteiger partial charge >= 0.3 is 5.97 Å². The van der Waals surface area contributed by atoms with E-state index in [1.807, 2.05) is 6.07 Å². The number of unbranched alkanes of at least 4 members (excludes halogenated alkanes) is 2. The number of rotatable bonds is 9. The van der Waals surface area contributed by atoms with Crippen LogP contribution in [0, 0.1) is 0 Å². The van der Waals surface area contributed by atoms with Crippen molar-refractivity contribution in [3.63, 3.8) is 0 Å². The van der Waals surface area contributed by atoms with Crippen LogP contribution in [0.25, 0.3) is 6.08 Å². The van der Waals surface area contributed by atoms with E-state index in [0.717, 1.165) is 24.8 Å². The van der Waals surface area contributed by atoms with Crippen molar-refractivity contribution in [3.05, 3.63) is 28.7 Å². The number of nitrogens with zero attached hydrogens (tertiary/aromatic N) is 1. The third-order valence-electron chi connectivity index (χ3n) is 4.09. The highest BCUT2D eigenvalue weighted by Gasteiger charge is 2.31. The second-order valence-corrected chi connectivity index (χ2v) is 7.50. The van der Waals surface area contributed by atoms with Gasteiger partial charge in [-0.2, -0.15) is 0 Å². The molecule has 146 valence electrons. The summed E-state index contributed by atoms with van der Waals surface area (Å²) in [6.07, 6.45) is 4.51. The molecule has 0 aliphatic carbocycles. The monoisotopic (exact) mass is 409 g/mol. The van der Waals surface area contributed by atoms with Crippen LogP contribution in [0.15, 0.2) is 23.1 Å². The van der Waals surface area contributed by atoms with Gasteiger partial charge in [0, 0.05) is 18.5 Å². The maximum Gasteiger partial charge on any atom is 0.305 e. The van der Waals surface area contributed by atoms with Gasteiger partial charge in [-0.05, 0) is 37.1 Å². The number of thiocarbonyl (C=S) groups is 1. The molecule has 1 aromatic rings. The van der Waals surface area contributed by atoms with Crippen LogP contribution in [0.2, 0.25) is 0 Å². The molecular weight excluding hydrogens is 386 g/mol. The van der Waals surface area contributed by atoms with Gasteiger partial charge in [0.15, 0.2) is 0 Å². The molecule has 6 nitrogen and oxygen atoms in total. The minimum Gasteiger partial charge on any atom is -0.497 e. The van der Waals surface area contributed by atoms with Crippen molar-refractivity contribution in [1.82, 2.24) is 4.90 Å². The fraction of sp³-hybridized carbons (Fsp3) is 0.421. The van der Waals surface area contributed by atoms with Crippen LogP contribution in [-0.4, -0.2) is 49.0 Å². The molecule has 0 radical (unpaired) electrons. The zero-order chi connectivity index (χ0) is 19.8. The van der Waals surface area contributed by atoms with E-state index >= 15 is 0 Å². The van der Waals surface area contributed by atoms with Gasteiger partial charge in [0.2, 0.25) is 0 Å². The summed E-state index contributed by atoms with van der Waals surface area (Å²) >= 11 is 6.64. The number of esters is 1. The van der Waals surface area contributed by atoms with Gasteiger partial charge in [-0.25, -0.2) is 0 Å². The normalized spacial score (nSPS) is 15.4. The molecule has 1 aliphatic heterocycles. The molecule has 0 spiro atoms. The Labute approximate surface area is 168 Å². The fourth-order valence-electron chi connectivity index (χ4n) is 2.60. The largest absolute Gasteiger partial charge is 0.497 e. The Hall–Kier alpha value is -2.06. The second kappa shape index (κ2) is 10.3. The van der Waals surface area contributed by atoms with Crippen molar-refractivity contribution < 1.29 is 23.8 Å². The lowest BCUT2D eigenvalue weighted by Gasteiger charge is -2.14. The lowest BCUT2D eigenvalue weighted by molar-refractivity contribution is -0.140. The highest BCUT2D eigenvalue weighted by Crippen LogP contribution is 2.35. The molecule has 0 N–H and O–H groups in total. The molecule has 0 unspecified atom stereocenters. The zero-order valence-corrected chi connectivity index (χ0v) is 17.3. The summed E-state index contributed by atoms with van der Waals surface area (Å²) in [5, 5.41) is 0. The third-order valence-corrected chi connectivity index (χ3v) is 5.47. The van der Waals surface area contributed by atoms with Crippen molar-refractivity contribution in [2.45, 2.75) is 25.7 Å². The topological polar surface area (TPSA) is 65.1 Å². The summed E-state index contributed by atoms with van der Waals surface area (Å²) in [6.45, 7) is 0.540. The Bertz CT molecular complexity index is 748. The first-order chi connectivity index (χ1) is 13.0. The van der Waals surface area contributed by atoms with E-state index in [1.165, 1.54) is 18.9 Å². The number of methoxy groups -OCH3 is 3. The Morgan fingerprint density at radius 2 is 1.96 bits per heavy atom. The van der Waals surface area contributed by atoms with Crippen LogP contribution in [0.3, 0.4) is 0 Å². The molecular formula is C19H23NO5S2. The zero-order valence-electron chi connectivity index (χ0n) is 15.6. The van der Waals surface area contributed by atoms with Crippen LogP contribution in [0.1, 0.15) is 31.2 Å². The van der Waals surface area contributed by atoms with Gasteiger partial charge < -0.3 is 14.2 Å². The van der Waals surface area contributed by atoms with Crippen molar-refractivity contribution in [3.8, 4) is 11.5 Å². The third kappa shape index (κ3) is 5.71. The SMILES string of the molecule is COC(=O)CCCCCN1C(=O)/C(=C/c2cc(OC)ccc2OC)SC1=S. The smallest absolute Gasteiger partial charge is 0.305 e. The molecule has 0 bridgehead atoms. The van der Waals surface area contributed by atoms with E-state index in [-0.39, 0.29) is 11.9 Å². The number of benzene rings is 1. The van der Waals surface area contributed by atoms with Crippen LogP contribution in [-0.2, 0) is 14.3 Å². The highest BCUT2D eigenvalue weighted by atomic mass is 32.2. The van der Waals surface area contributed by atoms with Crippen molar-refractivity contribution in [1.29, 1.82) is 0 Å². The van der Waals surface area contributed by atoms with E-state index < -0.39 is 0 Å². The van der Waals surface area contributed by atoms with E-state index in [0.29, 0.717) is 33.7 Å². The first-order valence-electron chi connectivity index (χ1n) is 8.54. The number of amides is 1. The molecule has 0 atom stereocenters. The molecule has 1 saturated heterocycles. The number of thioether (sulfide) groups is 1. The summed E-state index contributed by atoms with van der Waals surface area (Å²) in [4.78, 5) is 26.0. The lowest BCUT2D eigenvalue weighted by Crippen LogP contribution is -2.29. The minimum atomic E-state index is -0.212. The summed E-state index contributed by atoms with van der Waals surface area (Å²) in [5.74, 6) is 1.02. The van der Waals surface area contributed by atoms with Gasteiger partial charge in [-0.3, -0.25) is 14.5 Å². The number of hydrogen-bond acceptors (Lipinski definition) is 7. The van der Waals surface area contributed by atoms with Crippen LogP contribution in [0.4, 0.5) is 0 Å². The molecule has 27 heavy (non-hydrogen) atoms. The summed E-state index contributed by atoms with van der Waals surface area (Å²) < 4.78 is 15.8. The Balaban J connectivity index is 2.01. The maximum absolute atomic E-state index is 12.7. The number of carbonyl (C=O) groups excluding carboxylic acids is 2. The second-order valence-electron chi connectivity index (χ2n) is 5.83. The lowest BCUT2D eigenvalue weighted by atomic mass is 10.1. The maximum atomic E-state index is 12.7. The Morgan fingerprint density at radius 3 is 2.63 bits per heavy atom. The fourth-order valence-corrected chi connectivity index (χ4v) is 3.90. The average molecular weight is 410 g/mol. The van der Waals surface area contributed by atoms with Gasteiger partial charge in [-0.15, -0.1) is 0 Å². The number of carbonyl (C=O) groups is 2.